The van der Waals surface area contributed by atoms with Gasteiger partial charge in [-0.05, 0) is 59.7 Å². The number of benzene rings is 3. The maximum absolute atomic E-state index is 12.4. The van der Waals surface area contributed by atoms with Crippen LogP contribution in [-0.2, 0) is 32.9 Å². The van der Waals surface area contributed by atoms with E-state index >= 15 is 0 Å². The smallest absolute Gasteiger partial charge is 0.416 e. The molecule has 0 amide bonds. The van der Waals surface area contributed by atoms with E-state index in [1.54, 1.807) is 6.07 Å². The van der Waals surface area contributed by atoms with Crippen molar-refractivity contribution >= 4 is 24.1 Å². The van der Waals surface area contributed by atoms with Gasteiger partial charge in [0.2, 0.25) is 0 Å². The zero-order valence-corrected chi connectivity index (χ0v) is 26.9. The maximum Gasteiger partial charge on any atom is 0.416 e. The average molecular weight is 779 g/mol. The molecule has 3 aromatic rings. The second-order valence-corrected chi connectivity index (χ2v) is 9.76. The Balaban J connectivity index is 0.000000683. The highest BCUT2D eigenvalue weighted by Gasteiger charge is 2.44. The average Bonchev–Trinajstić information content (AvgIpc) is 3.06. The maximum atomic E-state index is 12.4. The highest BCUT2D eigenvalue weighted by molar-refractivity contribution is 5.83. The lowest BCUT2D eigenvalue weighted by Crippen LogP contribution is -2.31. The van der Waals surface area contributed by atoms with Gasteiger partial charge in [-0.2, -0.15) is 52.7 Å². The van der Waals surface area contributed by atoms with Crippen molar-refractivity contribution in [1.29, 1.82) is 0 Å². The third kappa shape index (κ3) is 20.9. The van der Waals surface area contributed by atoms with E-state index < -0.39 is 72.3 Å². The first-order chi connectivity index (χ1) is 24.2. The van der Waals surface area contributed by atoms with E-state index in [0.717, 1.165) is 54.6 Å². The quantitative estimate of drug-likeness (QED) is 0.0989. The van der Waals surface area contributed by atoms with Crippen LogP contribution >= 0.6 is 0 Å². The molecule has 0 aliphatic rings. The predicted octanol–water partition coefficient (Wildman–Crippen LogP) is 11.8. The Morgan fingerprint density at radius 2 is 0.981 bits per heavy atom. The molecule has 0 radical (unpaired) electrons. The summed E-state index contributed by atoms with van der Waals surface area (Å²) in [7, 11) is 0. The SMILES string of the molecule is C=CC(=O)OCC(F)(F)CC(F)(F)F.C=CC(=O)Oc1ccc(C(F)(F)F)cc1.C=Cc1ccc(C(F)(F)F)cc1.C=Cc1cccc(C(F)(F)F)c1. The number of halogens is 14. The number of esters is 2. The molecule has 4 nitrogen and oxygen atoms in total. The zero-order valence-electron chi connectivity index (χ0n) is 26.9. The fraction of sp³-hybridized carbons (Fsp3) is 0.200. The van der Waals surface area contributed by atoms with Gasteiger partial charge in [-0.25, -0.2) is 18.4 Å². The van der Waals surface area contributed by atoms with E-state index in [-0.39, 0.29) is 5.75 Å². The Morgan fingerprint density at radius 3 is 1.36 bits per heavy atom. The van der Waals surface area contributed by atoms with E-state index in [9.17, 15) is 71.1 Å². The summed E-state index contributed by atoms with van der Waals surface area (Å²) in [6, 6.07) is 13.7. The van der Waals surface area contributed by atoms with Crippen LogP contribution in [-0.4, -0.2) is 30.6 Å². The van der Waals surface area contributed by atoms with Crippen LogP contribution in [0.1, 0.15) is 34.2 Å². The van der Waals surface area contributed by atoms with Crippen molar-refractivity contribution in [3.05, 3.63) is 139 Å². The summed E-state index contributed by atoms with van der Waals surface area (Å²) in [4.78, 5) is 21.0. The van der Waals surface area contributed by atoms with Gasteiger partial charge >= 0.3 is 36.6 Å². The van der Waals surface area contributed by atoms with Gasteiger partial charge in [0, 0.05) is 12.2 Å². The van der Waals surface area contributed by atoms with Gasteiger partial charge in [-0.3, -0.25) is 0 Å². The first kappa shape index (κ1) is 47.6. The van der Waals surface area contributed by atoms with Crippen LogP contribution in [0.4, 0.5) is 61.5 Å². The summed E-state index contributed by atoms with van der Waals surface area (Å²) in [6.45, 7) is 11.3. The van der Waals surface area contributed by atoms with E-state index in [1.807, 2.05) is 0 Å². The Bertz CT molecular complexity index is 1630. The topological polar surface area (TPSA) is 52.6 Å². The third-order valence-corrected chi connectivity index (χ3v) is 5.54. The molecule has 0 aromatic heterocycles. The summed E-state index contributed by atoms with van der Waals surface area (Å²) in [6.07, 6.45) is -15.8. The summed E-state index contributed by atoms with van der Waals surface area (Å²) in [5.41, 5.74) is -0.901. The molecule has 0 atom stereocenters. The molecule has 53 heavy (non-hydrogen) atoms. The molecule has 290 valence electrons. The Morgan fingerprint density at radius 1 is 0.547 bits per heavy atom. The van der Waals surface area contributed by atoms with Gasteiger partial charge in [0.05, 0.1) is 16.7 Å². The van der Waals surface area contributed by atoms with Crippen LogP contribution in [0.2, 0.25) is 0 Å². The van der Waals surface area contributed by atoms with Crippen LogP contribution in [0.3, 0.4) is 0 Å². The molecule has 3 aromatic carbocycles. The van der Waals surface area contributed by atoms with Gasteiger partial charge in [0.25, 0.3) is 5.92 Å². The second kappa shape index (κ2) is 20.6. The molecule has 0 bridgehead atoms. The third-order valence-electron chi connectivity index (χ3n) is 5.54. The lowest BCUT2D eigenvalue weighted by Gasteiger charge is -2.17. The summed E-state index contributed by atoms with van der Waals surface area (Å²) in [5, 5.41) is 0. The van der Waals surface area contributed by atoms with Gasteiger partial charge in [0.1, 0.15) is 12.2 Å². The van der Waals surface area contributed by atoms with Crippen molar-refractivity contribution in [2.45, 2.75) is 37.0 Å². The minimum absolute atomic E-state index is 0.0490. The van der Waals surface area contributed by atoms with Crippen LogP contribution in [0, 0.1) is 0 Å². The molecule has 0 saturated heterocycles. The number of rotatable bonds is 8. The number of hydrogen-bond acceptors (Lipinski definition) is 4. The number of ether oxygens (including phenoxy) is 2. The Kier molecular flexibility index (Phi) is 18.5. The summed E-state index contributed by atoms with van der Waals surface area (Å²) >= 11 is 0. The van der Waals surface area contributed by atoms with Crippen molar-refractivity contribution in [3.63, 3.8) is 0 Å². The van der Waals surface area contributed by atoms with Crippen molar-refractivity contribution in [2.24, 2.45) is 0 Å². The molecular weight excluding hydrogens is 750 g/mol. The highest BCUT2D eigenvalue weighted by Crippen LogP contribution is 2.33. The second-order valence-electron chi connectivity index (χ2n) is 9.76. The molecule has 0 spiro atoms. The monoisotopic (exact) mass is 778 g/mol. The molecule has 0 fully saturated rings. The number of hydrogen-bond donors (Lipinski definition) is 0. The normalized spacial score (nSPS) is 11.4. The van der Waals surface area contributed by atoms with Crippen LogP contribution in [0.15, 0.2) is 111 Å². The lowest BCUT2D eigenvalue weighted by molar-refractivity contribution is -0.202. The van der Waals surface area contributed by atoms with E-state index in [4.69, 9.17) is 0 Å². The Labute approximate surface area is 293 Å². The lowest BCUT2D eigenvalue weighted by atomic mass is 10.1. The molecular formula is C35H28F14O4. The van der Waals surface area contributed by atoms with E-state index in [0.29, 0.717) is 17.2 Å². The molecule has 0 aliphatic carbocycles. The van der Waals surface area contributed by atoms with Crippen molar-refractivity contribution in [2.75, 3.05) is 6.61 Å². The number of alkyl halides is 14. The minimum Gasteiger partial charge on any atom is -0.456 e. The van der Waals surface area contributed by atoms with Crippen LogP contribution in [0.5, 0.6) is 5.75 Å². The van der Waals surface area contributed by atoms with Crippen molar-refractivity contribution in [3.8, 4) is 5.75 Å². The van der Waals surface area contributed by atoms with Gasteiger partial charge in [0.15, 0.2) is 6.61 Å². The molecule has 0 N–H and O–H groups in total. The fourth-order valence-electron chi connectivity index (χ4n) is 3.10. The summed E-state index contributed by atoms with van der Waals surface area (Å²) < 4.78 is 176. The largest absolute Gasteiger partial charge is 0.456 e. The standard InChI is InChI=1S/C10H7F3O2.2C9H7F3.C7H7F5O2/c1-2-9(14)15-8-5-3-7(4-6-8)10(11,12)13;1-2-7-3-5-8(6-4-7)9(10,11)12;1-2-7-4-3-5-8(6-7)9(10,11)12;1-2-5(13)14-4-6(8,9)3-7(10,11)12/h2-6H,1H2;2*2-6H,1H2;2H,1,3-4H2. The number of carbonyl (C=O) groups excluding carboxylic acids is 2. The highest BCUT2D eigenvalue weighted by atomic mass is 19.4. The first-order valence-electron chi connectivity index (χ1n) is 14.0. The number of carbonyl (C=O) groups is 2. The zero-order chi connectivity index (χ0) is 41.3. The predicted molar refractivity (Wildman–Crippen MR) is 167 cm³/mol. The first-order valence-corrected chi connectivity index (χ1v) is 14.0. The molecule has 0 saturated carbocycles. The van der Waals surface area contributed by atoms with Crippen LogP contribution in [0.25, 0.3) is 12.2 Å². The minimum atomic E-state index is -5.00. The van der Waals surface area contributed by atoms with E-state index in [2.05, 4.69) is 35.8 Å². The molecule has 18 heteroatoms. The summed E-state index contributed by atoms with van der Waals surface area (Å²) in [5.74, 6) is -5.95. The van der Waals surface area contributed by atoms with Crippen molar-refractivity contribution in [1.82, 2.24) is 0 Å². The molecule has 0 aliphatic heterocycles. The molecule has 0 unspecified atom stereocenters. The van der Waals surface area contributed by atoms with Gasteiger partial charge in [-0.1, -0.05) is 62.7 Å². The fourth-order valence-corrected chi connectivity index (χ4v) is 3.10. The molecule has 3 rings (SSSR count). The van der Waals surface area contributed by atoms with Crippen LogP contribution < -0.4 is 4.74 Å². The Hall–Kier alpha value is -5.42. The van der Waals surface area contributed by atoms with Gasteiger partial charge < -0.3 is 9.47 Å². The van der Waals surface area contributed by atoms with Gasteiger partial charge in [-0.15, -0.1) is 0 Å². The van der Waals surface area contributed by atoms with Crippen molar-refractivity contribution < 1.29 is 80.5 Å². The molecule has 0 heterocycles. The van der Waals surface area contributed by atoms with E-state index in [1.165, 1.54) is 30.4 Å².